The van der Waals surface area contributed by atoms with Crippen molar-refractivity contribution in [1.82, 2.24) is 10.3 Å². The van der Waals surface area contributed by atoms with Crippen molar-refractivity contribution in [1.29, 1.82) is 0 Å². The predicted octanol–water partition coefficient (Wildman–Crippen LogP) is 1.41. The number of rotatable bonds is 6. The predicted molar refractivity (Wildman–Crippen MR) is 78.1 cm³/mol. The van der Waals surface area contributed by atoms with E-state index in [9.17, 15) is 0 Å². The van der Waals surface area contributed by atoms with E-state index >= 15 is 0 Å². The van der Waals surface area contributed by atoms with Gasteiger partial charge in [0.2, 0.25) is 0 Å². The fourth-order valence-electron chi connectivity index (χ4n) is 2.03. The Labute approximate surface area is 118 Å². The summed E-state index contributed by atoms with van der Waals surface area (Å²) in [4.78, 5) is 8.35. The lowest BCUT2D eigenvalue weighted by molar-refractivity contribution is 0.152. The van der Waals surface area contributed by atoms with Gasteiger partial charge in [0.05, 0.1) is 18.9 Å². The maximum absolute atomic E-state index is 5.48. The van der Waals surface area contributed by atoms with Crippen LogP contribution in [0, 0.1) is 6.92 Å². The highest BCUT2D eigenvalue weighted by molar-refractivity contribution is 7.15. The minimum Gasteiger partial charge on any atom is -0.383 e. The van der Waals surface area contributed by atoms with Crippen LogP contribution >= 0.6 is 11.3 Å². The van der Waals surface area contributed by atoms with Crippen molar-refractivity contribution in [2.75, 3.05) is 51.5 Å². The molecular formula is C13H23N3O2S. The van der Waals surface area contributed by atoms with Gasteiger partial charge in [-0.1, -0.05) is 0 Å². The molecule has 2 rings (SSSR count). The molecule has 0 aromatic carbocycles. The molecule has 1 N–H and O–H groups in total. The number of anilines is 1. The summed E-state index contributed by atoms with van der Waals surface area (Å²) < 4.78 is 10.5. The smallest absolute Gasteiger partial charge is 0.185 e. The lowest BCUT2D eigenvalue weighted by Crippen LogP contribution is -2.25. The first kappa shape index (κ1) is 14.7. The number of aromatic nitrogens is 1. The van der Waals surface area contributed by atoms with E-state index < -0.39 is 0 Å². The van der Waals surface area contributed by atoms with Gasteiger partial charge in [0, 0.05) is 44.8 Å². The summed E-state index contributed by atoms with van der Waals surface area (Å²) in [6.45, 7) is 8.24. The van der Waals surface area contributed by atoms with Gasteiger partial charge in [0.25, 0.3) is 0 Å². The third kappa shape index (κ3) is 4.42. The van der Waals surface area contributed by atoms with Crippen LogP contribution in [0.5, 0.6) is 0 Å². The van der Waals surface area contributed by atoms with Gasteiger partial charge in [0.15, 0.2) is 5.13 Å². The van der Waals surface area contributed by atoms with Crippen molar-refractivity contribution in [3.05, 3.63) is 10.6 Å². The lowest BCUT2D eigenvalue weighted by Gasteiger charge is -2.17. The van der Waals surface area contributed by atoms with Crippen LogP contribution in [0.3, 0.4) is 0 Å². The Kier molecular flexibility index (Phi) is 6.03. The molecular weight excluding hydrogens is 262 g/mol. The van der Waals surface area contributed by atoms with Crippen LogP contribution in [0.15, 0.2) is 0 Å². The molecule has 1 aromatic heterocycles. The molecule has 0 bridgehead atoms. The molecule has 1 aliphatic rings. The maximum atomic E-state index is 5.48. The first-order valence-corrected chi connectivity index (χ1v) is 7.61. The Balaban J connectivity index is 1.91. The fourth-order valence-corrected chi connectivity index (χ4v) is 3.11. The van der Waals surface area contributed by atoms with E-state index in [4.69, 9.17) is 14.5 Å². The van der Waals surface area contributed by atoms with E-state index in [1.807, 2.05) is 0 Å². The van der Waals surface area contributed by atoms with Gasteiger partial charge in [0.1, 0.15) is 0 Å². The highest BCUT2D eigenvalue weighted by Crippen LogP contribution is 2.26. The van der Waals surface area contributed by atoms with E-state index in [1.165, 1.54) is 4.88 Å². The van der Waals surface area contributed by atoms with E-state index in [2.05, 4.69) is 17.1 Å². The van der Waals surface area contributed by atoms with Gasteiger partial charge in [-0.3, -0.25) is 0 Å². The molecule has 0 spiro atoms. The molecule has 0 atom stereocenters. The molecule has 1 aliphatic heterocycles. The average Bonchev–Trinajstić information content (AvgIpc) is 2.65. The van der Waals surface area contributed by atoms with Crippen LogP contribution < -0.4 is 10.2 Å². The van der Waals surface area contributed by atoms with Gasteiger partial charge in [-0.05, 0) is 13.3 Å². The second-order valence-electron chi connectivity index (χ2n) is 4.63. The van der Waals surface area contributed by atoms with E-state index in [-0.39, 0.29) is 0 Å². The zero-order valence-corrected chi connectivity index (χ0v) is 12.6. The summed E-state index contributed by atoms with van der Waals surface area (Å²) in [6, 6.07) is 0. The van der Waals surface area contributed by atoms with Crippen molar-refractivity contribution < 1.29 is 9.47 Å². The maximum Gasteiger partial charge on any atom is 0.185 e. The second-order valence-corrected chi connectivity index (χ2v) is 5.69. The quantitative estimate of drug-likeness (QED) is 0.801. The third-order valence-electron chi connectivity index (χ3n) is 3.14. The van der Waals surface area contributed by atoms with Crippen molar-refractivity contribution in [2.45, 2.75) is 19.9 Å². The highest BCUT2D eigenvalue weighted by Gasteiger charge is 2.15. The molecule has 5 nitrogen and oxygen atoms in total. The molecule has 1 aromatic rings. The highest BCUT2D eigenvalue weighted by atomic mass is 32.1. The van der Waals surface area contributed by atoms with E-state index in [0.717, 1.165) is 63.2 Å². The van der Waals surface area contributed by atoms with Crippen LogP contribution in [0.25, 0.3) is 0 Å². The molecule has 108 valence electrons. The van der Waals surface area contributed by atoms with Gasteiger partial charge in [-0.25, -0.2) is 4.98 Å². The van der Waals surface area contributed by atoms with Crippen LogP contribution in [-0.2, 0) is 16.0 Å². The minimum absolute atomic E-state index is 0.744. The van der Waals surface area contributed by atoms with E-state index in [0.29, 0.717) is 0 Å². The molecule has 6 heteroatoms. The summed E-state index contributed by atoms with van der Waals surface area (Å²) in [5.74, 6) is 0. The van der Waals surface area contributed by atoms with Crippen LogP contribution in [0.2, 0.25) is 0 Å². The summed E-state index contributed by atoms with van der Waals surface area (Å²) in [5, 5.41) is 4.51. The van der Waals surface area contributed by atoms with Crippen molar-refractivity contribution in [2.24, 2.45) is 0 Å². The minimum atomic E-state index is 0.744. The standard InChI is InChI=1S/C13H23N3O2S/c1-11-12(10-14-4-8-17-2)19-13(15-11)16-5-3-7-18-9-6-16/h14H,3-10H2,1-2H3. The average molecular weight is 285 g/mol. The Morgan fingerprint density at radius 2 is 2.32 bits per heavy atom. The van der Waals surface area contributed by atoms with Crippen LogP contribution in [0.4, 0.5) is 5.13 Å². The molecule has 1 saturated heterocycles. The zero-order valence-electron chi connectivity index (χ0n) is 11.8. The molecule has 0 amide bonds. The molecule has 0 saturated carbocycles. The molecule has 0 radical (unpaired) electrons. The molecule has 2 heterocycles. The summed E-state index contributed by atoms with van der Waals surface area (Å²) in [5.41, 5.74) is 1.13. The van der Waals surface area contributed by atoms with Gasteiger partial charge >= 0.3 is 0 Å². The Hall–Kier alpha value is -0.690. The number of thiazole rings is 1. The zero-order chi connectivity index (χ0) is 13.5. The number of hydrogen-bond acceptors (Lipinski definition) is 6. The van der Waals surface area contributed by atoms with Gasteiger partial charge in [-0.2, -0.15) is 0 Å². The van der Waals surface area contributed by atoms with Crippen molar-refractivity contribution in [3.63, 3.8) is 0 Å². The summed E-state index contributed by atoms with van der Waals surface area (Å²) in [6.07, 6.45) is 1.08. The number of ether oxygens (including phenoxy) is 2. The molecule has 0 unspecified atom stereocenters. The molecule has 0 aliphatic carbocycles. The summed E-state index contributed by atoms with van der Waals surface area (Å²) in [7, 11) is 1.72. The van der Waals surface area contributed by atoms with Crippen molar-refractivity contribution in [3.8, 4) is 0 Å². The normalized spacial score (nSPS) is 16.6. The third-order valence-corrected chi connectivity index (χ3v) is 4.36. The number of nitrogens with zero attached hydrogens (tertiary/aromatic N) is 2. The SMILES string of the molecule is COCCNCc1sc(N2CCCOCC2)nc1C. The van der Waals surface area contributed by atoms with Crippen molar-refractivity contribution >= 4 is 16.5 Å². The van der Waals surface area contributed by atoms with Crippen LogP contribution in [-0.4, -0.2) is 51.5 Å². The molecule has 1 fully saturated rings. The number of methoxy groups -OCH3 is 1. The number of hydrogen-bond donors (Lipinski definition) is 1. The first-order valence-electron chi connectivity index (χ1n) is 6.80. The summed E-state index contributed by atoms with van der Waals surface area (Å²) >= 11 is 1.79. The topological polar surface area (TPSA) is 46.6 Å². The fraction of sp³-hybridized carbons (Fsp3) is 0.769. The van der Waals surface area contributed by atoms with Crippen LogP contribution in [0.1, 0.15) is 17.0 Å². The largest absolute Gasteiger partial charge is 0.383 e. The Morgan fingerprint density at radius 1 is 1.42 bits per heavy atom. The number of nitrogens with one attached hydrogen (secondary N) is 1. The molecule has 19 heavy (non-hydrogen) atoms. The first-order chi connectivity index (χ1) is 9.31. The second kappa shape index (κ2) is 7.79. The van der Waals surface area contributed by atoms with E-state index in [1.54, 1.807) is 18.4 Å². The Bertz CT molecular complexity index is 376. The Morgan fingerprint density at radius 3 is 3.16 bits per heavy atom. The number of aryl methyl sites for hydroxylation is 1. The van der Waals surface area contributed by atoms with Gasteiger partial charge < -0.3 is 19.7 Å². The monoisotopic (exact) mass is 285 g/mol. The van der Waals surface area contributed by atoms with Gasteiger partial charge in [-0.15, -0.1) is 11.3 Å². The lowest BCUT2D eigenvalue weighted by atomic mass is 10.4.